The van der Waals surface area contributed by atoms with Crippen LogP contribution in [0, 0.1) is 23.5 Å². The van der Waals surface area contributed by atoms with Crippen LogP contribution >= 0.6 is 0 Å². The molecule has 1 saturated carbocycles. The van der Waals surface area contributed by atoms with Crippen LogP contribution in [0.25, 0.3) is 0 Å². The monoisotopic (exact) mass is 408 g/mol. The summed E-state index contributed by atoms with van der Waals surface area (Å²) in [7, 11) is -4.08. The third-order valence-corrected chi connectivity index (χ3v) is 7.28. The number of amides is 1. The van der Waals surface area contributed by atoms with Crippen LogP contribution in [0.3, 0.4) is 0 Å². The summed E-state index contributed by atoms with van der Waals surface area (Å²) < 4.78 is 54.1. The summed E-state index contributed by atoms with van der Waals surface area (Å²) in [5.41, 5.74) is 0.199. The number of nitrogens with one attached hydrogen (secondary N) is 1. The fourth-order valence-corrected chi connectivity index (χ4v) is 5.68. The Balaban J connectivity index is 1.51. The number of hydrogen-bond acceptors (Lipinski definition) is 5. The summed E-state index contributed by atoms with van der Waals surface area (Å²) in [6.45, 7) is 0.335. The lowest BCUT2D eigenvalue weighted by atomic mass is 9.93. The van der Waals surface area contributed by atoms with Crippen molar-refractivity contribution in [2.24, 2.45) is 11.8 Å². The quantitative estimate of drug-likeness (QED) is 0.829. The van der Waals surface area contributed by atoms with Crippen molar-refractivity contribution in [1.29, 1.82) is 0 Å². The van der Waals surface area contributed by atoms with Gasteiger partial charge in [-0.05, 0) is 48.9 Å². The fraction of sp³-hybridized carbons (Fsp3) is 0.389. The zero-order valence-corrected chi connectivity index (χ0v) is 15.6. The lowest BCUT2D eigenvalue weighted by Crippen LogP contribution is -2.54. The van der Waals surface area contributed by atoms with Gasteiger partial charge < -0.3 is 5.32 Å². The molecule has 10 heteroatoms. The van der Waals surface area contributed by atoms with E-state index in [1.165, 1.54) is 10.5 Å². The number of nitrogens with zero attached hydrogens (tertiary/aromatic N) is 3. The van der Waals surface area contributed by atoms with E-state index < -0.39 is 26.6 Å². The Bertz CT molecular complexity index is 989. The minimum absolute atomic E-state index is 0.0855. The molecule has 1 amide bonds. The zero-order valence-electron chi connectivity index (χ0n) is 14.8. The Morgan fingerprint density at radius 2 is 1.86 bits per heavy atom. The van der Waals surface area contributed by atoms with E-state index in [1.54, 1.807) is 12.1 Å². The van der Waals surface area contributed by atoms with Crippen LogP contribution in [0.1, 0.15) is 23.3 Å². The van der Waals surface area contributed by atoms with E-state index in [9.17, 15) is 22.0 Å². The van der Waals surface area contributed by atoms with E-state index >= 15 is 0 Å². The summed E-state index contributed by atoms with van der Waals surface area (Å²) in [4.78, 5) is 11.8. The molecule has 2 aromatic rings. The van der Waals surface area contributed by atoms with Crippen LogP contribution in [0.2, 0.25) is 0 Å². The zero-order chi connectivity index (χ0) is 19.9. The SMILES string of the molecule is O=C(NC1[C@@H]2CC[C@H]1CN(S(=O)(=O)c1ccc(F)cc1F)C2)c1cccnn1. The molecular formula is C18H18F2N4O3S. The first kappa shape index (κ1) is 18.9. The highest BCUT2D eigenvalue weighted by Crippen LogP contribution is 2.39. The maximum Gasteiger partial charge on any atom is 0.272 e. The van der Waals surface area contributed by atoms with Crippen molar-refractivity contribution in [3.8, 4) is 0 Å². The highest BCUT2D eigenvalue weighted by atomic mass is 32.2. The molecule has 3 atom stereocenters. The molecule has 1 saturated heterocycles. The predicted molar refractivity (Wildman–Crippen MR) is 94.6 cm³/mol. The molecule has 2 heterocycles. The fourth-order valence-electron chi connectivity index (χ4n) is 4.08. The van der Waals surface area contributed by atoms with Crippen molar-refractivity contribution in [2.45, 2.75) is 23.8 Å². The molecule has 2 aliphatic rings. The molecule has 148 valence electrons. The van der Waals surface area contributed by atoms with Crippen molar-refractivity contribution in [3.63, 3.8) is 0 Å². The predicted octanol–water partition coefficient (Wildman–Crippen LogP) is 1.58. The van der Waals surface area contributed by atoms with E-state index in [0.29, 0.717) is 6.07 Å². The van der Waals surface area contributed by atoms with Gasteiger partial charge in [0.05, 0.1) is 0 Å². The van der Waals surface area contributed by atoms with Crippen LogP contribution < -0.4 is 5.32 Å². The maximum absolute atomic E-state index is 14.0. The second-order valence-corrected chi connectivity index (χ2v) is 9.01. The van der Waals surface area contributed by atoms with E-state index in [4.69, 9.17) is 0 Å². The topological polar surface area (TPSA) is 92.3 Å². The number of carbonyl (C=O) groups is 1. The highest BCUT2D eigenvalue weighted by Gasteiger charge is 2.46. The lowest BCUT2D eigenvalue weighted by Gasteiger charge is -2.37. The average Bonchev–Trinajstić information content (AvgIpc) is 2.89. The Hall–Kier alpha value is -2.46. The second kappa shape index (κ2) is 7.17. The molecule has 1 N–H and O–H groups in total. The maximum atomic E-state index is 14.0. The highest BCUT2D eigenvalue weighted by molar-refractivity contribution is 7.89. The van der Waals surface area contributed by atoms with Crippen molar-refractivity contribution < 1.29 is 22.0 Å². The number of hydrogen-bond donors (Lipinski definition) is 1. The normalized spacial score (nSPS) is 24.9. The molecule has 1 unspecified atom stereocenters. The van der Waals surface area contributed by atoms with Crippen LogP contribution in [-0.2, 0) is 10.0 Å². The van der Waals surface area contributed by atoms with Gasteiger partial charge in [0.2, 0.25) is 10.0 Å². The van der Waals surface area contributed by atoms with Crippen LogP contribution in [0.4, 0.5) is 8.78 Å². The van der Waals surface area contributed by atoms with Gasteiger partial charge >= 0.3 is 0 Å². The molecule has 1 aliphatic heterocycles. The van der Waals surface area contributed by atoms with Crippen LogP contribution in [-0.4, -0.2) is 48.0 Å². The summed E-state index contributed by atoms with van der Waals surface area (Å²) in [6.07, 6.45) is 2.99. The second-order valence-electron chi connectivity index (χ2n) is 7.10. The number of sulfonamides is 1. The van der Waals surface area contributed by atoms with Crippen LogP contribution in [0.5, 0.6) is 0 Å². The molecule has 1 aromatic carbocycles. The van der Waals surface area contributed by atoms with Gasteiger partial charge in [0, 0.05) is 31.4 Å². The minimum atomic E-state index is -4.08. The Labute approximate surface area is 160 Å². The van der Waals surface area contributed by atoms with E-state index in [2.05, 4.69) is 15.5 Å². The van der Waals surface area contributed by atoms with E-state index in [1.807, 2.05) is 0 Å². The Kier molecular flexibility index (Phi) is 4.84. The van der Waals surface area contributed by atoms with E-state index in [0.717, 1.165) is 25.0 Å². The van der Waals surface area contributed by atoms with E-state index in [-0.39, 0.29) is 42.6 Å². The van der Waals surface area contributed by atoms with Gasteiger partial charge in [-0.2, -0.15) is 9.40 Å². The molecule has 2 bridgehead atoms. The van der Waals surface area contributed by atoms with Crippen molar-refractivity contribution in [1.82, 2.24) is 19.8 Å². The Morgan fingerprint density at radius 1 is 1.14 bits per heavy atom. The first-order valence-corrected chi connectivity index (χ1v) is 10.3. The first-order chi connectivity index (χ1) is 13.4. The van der Waals surface area contributed by atoms with Crippen molar-refractivity contribution in [2.75, 3.05) is 13.1 Å². The molecule has 4 rings (SSSR count). The third kappa shape index (κ3) is 3.37. The molecule has 1 aliphatic carbocycles. The third-order valence-electron chi connectivity index (χ3n) is 5.41. The number of carbonyl (C=O) groups excluding carboxylic acids is 1. The number of aromatic nitrogens is 2. The largest absolute Gasteiger partial charge is 0.347 e. The van der Waals surface area contributed by atoms with Gasteiger partial charge in [-0.25, -0.2) is 17.2 Å². The number of benzene rings is 1. The van der Waals surface area contributed by atoms with Gasteiger partial charge in [0.25, 0.3) is 5.91 Å². The molecule has 28 heavy (non-hydrogen) atoms. The van der Waals surface area contributed by atoms with Gasteiger partial charge in [0.1, 0.15) is 16.5 Å². The molecular weight excluding hydrogens is 390 g/mol. The molecule has 0 spiro atoms. The average molecular weight is 408 g/mol. The number of piperidine rings is 1. The summed E-state index contributed by atoms with van der Waals surface area (Å²) in [5.74, 6) is -2.46. The molecule has 7 nitrogen and oxygen atoms in total. The van der Waals surface area contributed by atoms with Crippen molar-refractivity contribution in [3.05, 3.63) is 53.9 Å². The summed E-state index contributed by atoms with van der Waals surface area (Å²) in [6, 6.07) is 5.43. The van der Waals surface area contributed by atoms with Gasteiger partial charge in [0.15, 0.2) is 5.69 Å². The molecule has 2 fully saturated rings. The number of rotatable bonds is 4. The minimum Gasteiger partial charge on any atom is -0.347 e. The number of fused-ring (bicyclic) bond motifs is 2. The van der Waals surface area contributed by atoms with Gasteiger partial charge in [-0.15, -0.1) is 5.10 Å². The van der Waals surface area contributed by atoms with Crippen molar-refractivity contribution >= 4 is 15.9 Å². The van der Waals surface area contributed by atoms with Gasteiger partial charge in [-0.3, -0.25) is 4.79 Å². The molecule has 1 aromatic heterocycles. The smallest absolute Gasteiger partial charge is 0.272 e. The van der Waals surface area contributed by atoms with Crippen LogP contribution in [0.15, 0.2) is 41.4 Å². The Morgan fingerprint density at radius 3 is 2.46 bits per heavy atom. The number of halogens is 2. The lowest BCUT2D eigenvalue weighted by molar-refractivity contribution is 0.0881. The summed E-state index contributed by atoms with van der Waals surface area (Å²) in [5, 5.41) is 10.4. The standard InChI is InChI=1S/C18H18F2N4O3S/c19-13-5-6-16(14(20)8-13)28(26,27)24-9-11-3-4-12(10-24)17(11)22-18(25)15-2-1-7-21-23-15/h1-2,5-8,11-12,17H,3-4,9-10H2,(H,22,25)/t11-,12+,17?. The summed E-state index contributed by atoms with van der Waals surface area (Å²) >= 11 is 0. The van der Waals surface area contributed by atoms with Gasteiger partial charge in [-0.1, -0.05) is 0 Å². The first-order valence-electron chi connectivity index (χ1n) is 8.90. The molecule has 0 radical (unpaired) electrons.